The largest absolute Gasteiger partial charge is 0.497 e. The van der Waals surface area contributed by atoms with Gasteiger partial charge in [-0.25, -0.2) is 0 Å². The second-order valence-corrected chi connectivity index (χ2v) is 5.84. The lowest BCUT2D eigenvalue weighted by Crippen LogP contribution is -2.47. The van der Waals surface area contributed by atoms with E-state index in [2.05, 4.69) is 19.2 Å². The van der Waals surface area contributed by atoms with Crippen LogP contribution < -0.4 is 10.1 Å². The monoisotopic (exact) mass is 310 g/mol. The molecule has 2 aromatic rings. The molecular weight excluding hydrogens is 288 g/mol. The van der Waals surface area contributed by atoms with Gasteiger partial charge >= 0.3 is 0 Å². The molecule has 2 atom stereocenters. The number of amides is 1. The number of benzene rings is 2. The molecule has 1 aliphatic heterocycles. The zero-order chi connectivity index (χ0) is 16.4. The maximum atomic E-state index is 13.0. The van der Waals surface area contributed by atoms with Gasteiger partial charge in [0.25, 0.3) is 5.91 Å². The summed E-state index contributed by atoms with van der Waals surface area (Å²) >= 11 is 0. The van der Waals surface area contributed by atoms with Crippen LogP contribution in [-0.2, 0) is 0 Å². The molecule has 1 aliphatic rings. The first-order valence-electron chi connectivity index (χ1n) is 7.98. The lowest BCUT2D eigenvalue weighted by Gasteiger charge is -2.41. The van der Waals surface area contributed by atoms with E-state index in [0.717, 1.165) is 29.0 Å². The van der Waals surface area contributed by atoms with Gasteiger partial charge in [-0.1, -0.05) is 31.2 Å². The van der Waals surface area contributed by atoms with Gasteiger partial charge in [0.2, 0.25) is 0 Å². The molecular formula is C19H22N2O2. The number of fused-ring (bicyclic) bond motifs is 1. The Bertz CT molecular complexity index is 714. The van der Waals surface area contributed by atoms with Crippen molar-refractivity contribution in [3.05, 3.63) is 59.7 Å². The molecule has 1 N–H and O–H groups in total. The second kappa shape index (κ2) is 6.32. The predicted octanol–water partition coefficient (Wildman–Crippen LogP) is 4.06. The summed E-state index contributed by atoms with van der Waals surface area (Å²) in [6.45, 7) is 4.18. The van der Waals surface area contributed by atoms with Crippen molar-refractivity contribution in [1.29, 1.82) is 0 Å². The number of nitrogens with one attached hydrogen (secondary N) is 1. The molecule has 0 aliphatic carbocycles. The number of hydrogen-bond donors (Lipinski definition) is 1. The van der Waals surface area contributed by atoms with Crippen LogP contribution >= 0.6 is 0 Å². The van der Waals surface area contributed by atoms with Gasteiger partial charge in [0.05, 0.1) is 12.7 Å². The maximum absolute atomic E-state index is 13.0. The Morgan fingerprint density at radius 3 is 2.74 bits per heavy atom. The number of para-hydroxylation sites is 1. The molecule has 4 nitrogen and oxygen atoms in total. The zero-order valence-electron chi connectivity index (χ0n) is 13.7. The Labute approximate surface area is 137 Å². The average Bonchev–Trinajstić information content (AvgIpc) is 2.61. The molecule has 0 radical (unpaired) electrons. The quantitative estimate of drug-likeness (QED) is 0.926. The number of methoxy groups -OCH3 is 1. The number of carbonyl (C=O) groups excluding carboxylic acids is 1. The first-order valence-corrected chi connectivity index (χ1v) is 7.98. The van der Waals surface area contributed by atoms with Gasteiger partial charge in [-0.2, -0.15) is 0 Å². The summed E-state index contributed by atoms with van der Waals surface area (Å²) in [5, 5.41) is 3.51. The molecule has 23 heavy (non-hydrogen) atoms. The van der Waals surface area contributed by atoms with E-state index >= 15 is 0 Å². The van der Waals surface area contributed by atoms with E-state index in [4.69, 9.17) is 4.74 Å². The molecule has 0 saturated heterocycles. The van der Waals surface area contributed by atoms with Crippen LogP contribution in [0.2, 0.25) is 0 Å². The number of rotatable bonds is 4. The summed E-state index contributed by atoms with van der Waals surface area (Å²) in [6.07, 6.45) is 0.707. The van der Waals surface area contributed by atoms with Crippen LogP contribution in [0.1, 0.15) is 42.4 Å². The van der Waals surface area contributed by atoms with Gasteiger partial charge in [0.1, 0.15) is 11.9 Å². The summed E-state index contributed by atoms with van der Waals surface area (Å²) in [5.41, 5.74) is 2.63. The smallest absolute Gasteiger partial charge is 0.258 e. The number of hydrogen-bond acceptors (Lipinski definition) is 3. The topological polar surface area (TPSA) is 41.6 Å². The summed E-state index contributed by atoms with van der Waals surface area (Å²) in [4.78, 5) is 14.9. The number of carbonyl (C=O) groups is 1. The fourth-order valence-electron chi connectivity index (χ4n) is 2.98. The van der Waals surface area contributed by atoms with Crippen LogP contribution in [0.4, 0.5) is 5.69 Å². The molecule has 0 fully saturated rings. The van der Waals surface area contributed by atoms with Crippen LogP contribution in [-0.4, -0.2) is 24.0 Å². The van der Waals surface area contributed by atoms with Gasteiger partial charge < -0.3 is 15.0 Å². The van der Waals surface area contributed by atoms with E-state index in [-0.39, 0.29) is 18.1 Å². The molecule has 0 aromatic heterocycles. The normalized spacial score (nSPS) is 18.1. The van der Waals surface area contributed by atoms with Crippen molar-refractivity contribution < 1.29 is 9.53 Å². The fraction of sp³-hybridized carbons (Fsp3) is 0.316. The summed E-state index contributed by atoms with van der Waals surface area (Å²) in [6, 6.07) is 15.7. The Kier molecular flexibility index (Phi) is 4.24. The molecule has 0 bridgehead atoms. The highest BCUT2D eigenvalue weighted by atomic mass is 16.5. The van der Waals surface area contributed by atoms with E-state index in [9.17, 15) is 4.79 Å². The van der Waals surface area contributed by atoms with Crippen LogP contribution in [0.15, 0.2) is 48.5 Å². The minimum absolute atomic E-state index is 0.0709. The van der Waals surface area contributed by atoms with E-state index in [1.54, 1.807) is 7.11 Å². The third kappa shape index (κ3) is 2.77. The van der Waals surface area contributed by atoms with E-state index in [1.165, 1.54) is 0 Å². The van der Waals surface area contributed by atoms with Crippen molar-refractivity contribution in [2.45, 2.75) is 32.5 Å². The molecule has 120 valence electrons. The molecule has 0 saturated carbocycles. The Morgan fingerprint density at radius 1 is 1.22 bits per heavy atom. The average molecular weight is 310 g/mol. The second-order valence-electron chi connectivity index (χ2n) is 5.84. The Balaban J connectivity index is 2.07. The van der Waals surface area contributed by atoms with Gasteiger partial charge in [-0.15, -0.1) is 0 Å². The highest BCUT2D eigenvalue weighted by Gasteiger charge is 2.35. The zero-order valence-corrected chi connectivity index (χ0v) is 13.7. The fourth-order valence-corrected chi connectivity index (χ4v) is 2.98. The molecule has 4 heteroatoms. The van der Waals surface area contributed by atoms with Gasteiger partial charge in [0, 0.05) is 11.7 Å². The minimum atomic E-state index is -0.192. The van der Waals surface area contributed by atoms with E-state index < -0.39 is 0 Å². The lowest BCUT2D eigenvalue weighted by molar-refractivity contribution is 0.0593. The number of nitrogens with zero attached hydrogens (tertiary/aromatic N) is 1. The van der Waals surface area contributed by atoms with Crippen molar-refractivity contribution >= 4 is 11.6 Å². The Morgan fingerprint density at radius 2 is 2.00 bits per heavy atom. The number of anilines is 1. The Hall–Kier alpha value is -2.49. The van der Waals surface area contributed by atoms with Gasteiger partial charge in [-0.3, -0.25) is 4.79 Å². The third-order valence-electron chi connectivity index (χ3n) is 4.44. The molecule has 2 aromatic carbocycles. The lowest BCUT2D eigenvalue weighted by atomic mass is 10.0. The summed E-state index contributed by atoms with van der Waals surface area (Å²) in [5.74, 6) is 0.862. The van der Waals surface area contributed by atoms with Crippen LogP contribution in [0.3, 0.4) is 0 Å². The van der Waals surface area contributed by atoms with Crippen molar-refractivity contribution in [1.82, 2.24) is 4.90 Å². The van der Waals surface area contributed by atoms with Crippen molar-refractivity contribution in [2.75, 3.05) is 12.4 Å². The number of ether oxygens (including phenoxy) is 1. The highest BCUT2D eigenvalue weighted by molar-refractivity contribution is 6.01. The van der Waals surface area contributed by atoms with E-state index in [1.807, 2.05) is 53.4 Å². The predicted molar refractivity (Wildman–Crippen MR) is 91.7 cm³/mol. The first kappa shape index (κ1) is 15.4. The third-order valence-corrected chi connectivity index (χ3v) is 4.44. The van der Waals surface area contributed by atoms with Gasteiger partial charge in [-0.05, 0) is 43.2 Å². The SMILES string of the molecule is CC[C@H](C)N1C(=O)c2ccccc2N[C@H]1c1cccc(OC)c1. The summed E-state index contributed by atoms with van der Waals surface area (Å²) in [7, 11) is 1.65. The van der Waals surface area contributed by atoms with Crippen LogP contribution in [0, 0.1) is 0 Å². The van der Waals surface area contributed by atoms with Crippen LogP contribution in [0.25, 0.3) is 0 Å². The summed E-state index contributed by atoms with van der Waals surface area (Å²) < 4.78 is 5.33. The molecule has 0 unspecified atom stereocenters. The molecule has 3 rings (SSSR count). The van der Waals surface area contributed by atoms with Crippen LogP contribution in [0.5, 0.6) is 5.75 Å². The van der Waals surface area contributed by atoms with E-state index in [0.29, 0.717) is 0 Å². The first-order chi connectivity index (χ1) is 11.2. The molecule has 0 spiro atoms. The highest BCUT2D eigenvalue weighted by Crippen LogP contribution is 2.35. The van der Waals surface area contributed by atoms with Gasteiger partial charge in [0.15, 0.2) is 0 Å². The standard InChI is InChI=1S/C19H22N2O2/c1-4-13(2)21-18(14-8-7-9-15(12-14)23-3)20-17-11-6-5-10-16(17)19(21)22/h5-13,18,20H,4H2,1-3H3/t13-,18+/m0/s1. The van der Waals surface area contributed by atoms with Crippen molar-refractivity contribution in [2.24, 2.45) is 0 Å². The molecule has 1 heterocycles. The van der Waals surface area contributed by atoms with Crippen molar-refractivity contribution in [3.63, 3.8) is 0 Å². The minimum Gasteiger partial charge on any atom is -0.497 e. The maximum Gasteiger partial charge on any atom is 0.258 e. The van der Waals surface area contributed by atoms with Crippen molar-refractivity contribution in [3.8, 4) is 5.75 Å². The molecule has 1 amide bonds.